The Kier molecular flexibility index (Phi) is 7.59. The molecule has 0 heterocycles. The van der Waals surface area contributed by atoms with Crippen LogP contribution in [-0.4, -0.2) is 27.4 Å². The van der Waals surface area contributed by atoms with Crippen molar-refractivity contribution in [2.75, 3.05) is 17.4 Å². The van der Waals surface area contributed by atoms with Gasteiger partial charge in [0, 0.05) is 16.6 Å². The van der Waals surface area contributed by atoms with Crippen LogP contribution in [0.4, 0.5) is 5.69 Å². The van der Waals surface area contributed by atoms with E-state index in [1.165, 1.54) is 30.3 Å². The van der Waals surface area contributed by atoms with E-state index >= 15 is 0 Å². The second kappa shape index (κ2) is 10.2. The first-order valence-corrected chi connectivity index (χ1v) is 11.8. The third-order valence-corrected chi connectivity index (χ3v) is 6.95. The van der Waals surface area contributed by atoms with Crippen LogP contribution in [-0.2, 0) is 14.8 Å². The summed E-state index contributed by atoms with van der Waals surface area (Å²) in [4.78, 5) is 12.8. The van der Waals surface area contributed by atoms with Gasteiger partial charge < -0.3 is 5.32 Å². The van der Waals surface area contributed by atoms with Gasteiger partial charge in [0.1, 0.15) is 6.54 Å². The van der Waals surface area contributed by atoms with Crippen LogP contribution in [0.3, 0.4) is 0 Å². The van der Waals surface area contributed by atoms with E-state index < -0.39 is 22.5 Å². The van der Waals surface area contributed by atoms with Crippen LogP contribution in [0.15, 0.2) is 83.8 Å². The van der Waals surface area contributed by atoms with Gasteiger partial charge in [-0.25, -0.2) is 8.42 Å². The van der Waals surface area contributed by atoms with Crippen molar-refractivity contribution in [1.82, 2.24) is 5.32 Å². The van der Waals surface area contributed by atoms with Gasteiger partial charge in [0.15, 0.2) is 0 Å². The Morgan fingerprint density at radius 3 is 2.06 bits per heavy atom. The first-order valence-electron chi connectivity index (χ1n) is 9.63. The minimum absolute atomic E-state index is 0.0663. The average Bonchev–Trinajstić information content (AvgIpc) is 2.76. The normalized spacial score (nSPS) is 12.2. The molecule has 0 aliphatic rings. The Balaban J connectivity index is 1.84. The Hall–Kier alpha value is -2.54. The van der Waals surface area contributed by atoms with E-state index in [0.29, 0.717) is 6.54 Å². The lowest BCUT2D eigenvalue weighted by Gasteiger charge is -2.25. The molecule has 3 rings (SSSR count). The predicted molar refractivity (Wildman–Crippen MR) is 125 cm³/mol. The summed E-state index contributed by atoms with van der Waals surface area (Å²) in [5, 5.41) is 3.37. The first-order chi connectivity index (χ1) is 14.8. The molecule has 1 atom stereocenters. The number of anilines is 1. The lowest BCUT2D eigenvalue weighted by Crippen LogP contribution is -2.41. The fourth-order valence-corrected chi connectivity index (χ4v) is 5.01. The molecule has 3 aromatic carbocycles. The molecule has 162 valence electrons. The highest BCUT2D eigenvalue weighted by Gasteiger charge is 2.27. The van der Waals surface area contributed by atoms with Gasteiger partial charge >= 0.3 is 0 Å². The summed E-state index contributed by atoms with van der Waals surface area (Å²) in [6.45, 7) is 1.96. The highest BCUT2D eigenvalue weighted by molar-refractivity contribution is 7.92. The van der Waals surface area contributed by atoms with Gasteiger partial charge in [0.05, 0.1) is 10.6 Å². The van der Waals surface area contributed by atoms with E-state index in [2.05, 4.69) is 5.32 Å². The molecule has 0 aliphatic carbocycles. The fourth-order valence-electron chi connectivity index (χ4n) is 3.07. The zero-order chi connectivity index (χ0) is 22.4. The number of nitrogens with one attached hydrogen (secondary N) is 1. The quantitative estimate of drug-likeness (QED) is 0.491. The SMILES string of the molecule is C[C@H](CNC(=O)CN(c1cc(Cl)cc(Cl)c1)S(=O)(=O)c1ccccc1)c1ccccc1. The van der Waals surface area contributed by atoms with E-state index in [9.17, 15) is 13.2 Å². The van der Waals surface area contributed by atoms with Gasteiger partial charge in [-0.2, -0.15) is 0 Å². The molecule has 5 nitrogen and oxygen atoms in total. The summed E-state index contributed by atoms with van der Waals surface area (Å²) < 4.78 is 27.6. The van der Waals surface area contributed by atoms with Crippen LogP contribution in [0.2, 0.25) is 10.0 Å². The number of hydrogen-bond donors (Lipinski definition) is 1. The molecular formula is C23H22Cl2N2O3S. The number of hydrogen-bond acceptors (Lipinski definition) is 3. The molecular weight excluding hydrogens is 455 g/mol. The number of nitrogens with zero attached hydrogens (tertiary/aromatic N) is 1. The monoisotopic (exact) mass is 476 g/mol. The molecule has 3 aromatic rings. The highest BCUT2D eigenvalue weighted by atomic mass is 35.5. The van der Waals surface area contributed by atoms with E-state index in [1.54, 1.807) is 18.2 Å². The first kappa shape index (κ1) is 23.1. The van der Waals surface area contributed by atoms with Crippen molar-refractivity contribution >= 4 is 44.8 Å². The van der Waals surface area contributed by atoms with Crippen molar-refractivity contribution in [3.63, 3.8) is 0 Å². The molecule has 0 saturated carbocycles. The number of benzene rings is 3. The maximum Gasteiger partial charge on any atom is 0.264 e. The molecule has 0 bridgehead atoms. The second-order valence-corrected chi connectivity index (χ2v) is 9.80. The molecule has 1 N–H and O–H groups in total. The third-order valence-electron chi connectivity index (χ3n) is 4.73. The molecule has 0 aliphatic heterocycles. The van der Waals surface area contributed by atoms with E-state index in [4.69, 9.17) is 23.2 Å². The molecule has 1 amide bonds. The Labute approximate surface area is 192 Å². The summed E-state index contributed by atoms with van der Waals surface area (Å²) in [5.74, 6) is -0.358. The smallest absolute Gasteiger partial charge is 0.264 e. The standard InChI is InChI=1S/C23H22Cl2N2O3S/c1-17(18-8-4-2-5-9-18)15-26-23(28)16-27(21-13-19(24)12-20(25)14-21)31(29,30)22-10-6-3-7-11-22/h2-14,17H,15-16H2,1H3,(H,26,28)/t17-/m1/s1. The Bertz CT molecular complexity index is 1120. The molecule has 0 spiro atoms. The van der Waals surface area contributed by atoms with E-state index in [1.807, 2.05) is 37.3 Å². The molecule has 0 unspecified atom stereocenters. The average molecular weight is 477 g/mol. The molecule has 0 fully saturated rings. The zero-order valence-electron chi connectivity index (χ0n) is 16.8. The highest BCUT2D eigenvalue weighted by Crippen LogP contribution is 2.29. The number of carbonyl (C=O) groups excluding carboxylic acids is 1. The van der Waals surface area contributed by atoms with E-state index in [0.717, 1.165) is 9.87 Å². The van der Waals surface area contributed by atoms with Gasteiger partial charge in [-0.1, -0.05) is 78.7 Å². The van der Waals surface area contributed by atoms with Crippen molar-refractivity contribution in [2.24, 2.45) is 0 Å². The fraction of sp³-hybridized carbons (Fsp3) is 0.174. The van der Waals surface area contributed by atoms with Crippen molar-refractivity contribution in [3.8, 4) is 0 Å². The van der Waals surface area contributed by atoms with Gasteiger partial charge in [0.2, 0.25) is 5.91 Å². The van der Waals surface area contributed by atoms with Crippen LogP contribution >= 0.6 is 23.2 Å². The summed E-state index contributed by atoms with van der Waals surface area (Å²) in [7, 11) is -4.02. The Morgan fingerprint density at radius 1 is 0.935 bits per heavy atom. The van der Waals surface area contributed by atoms with Crippen LogP contribution in [0.25, 0.3) is 0 Å². The van der Waals surface area contributed by atoms with Crippen LogP contribution in [0, 0.1) is 0 Å². The Morgan fingerprint density at radius 2 is 1.48 bits per heavy atom. The zero-order valence-corrected chi connectivity index (χ0v) is 19.2. The van der Waals surface area contributed by atoms with Crippen molar-refractivity contribution in [1.29, 1.82) is 0 Å². The van der Waals surface area contributed by atoms with Crippen molar-refractivity contribution in [3.05, 3.63) is 94.5 Å². The second-order valence-electron chi connectivity index (χ2n) is 7.07. The third kappa shape index (κ3) is 6.00. The molecule has 0 radical (unpaired) electrons. The maximum atomic E-state index is 13.3. The molecule has 0 saturated heterocycles. The predicted octanol–water partition coefficient (Wildman–Crippen LogP) is 5.11. The van der Waals surface area contributed by atoms with E-state index in [-0.39, 0.29) is 26.5 Å². The van der Waals surface area contributed by atoms with Gasteiger partial charge in [-0.15, -0.1) is 0 Å². The number of rotatable bonds is 8. The molecule has 8 heteroatoms. The summed E-state index contributed by atoms with van der Waals surface area (Å²) in [6, 6.07) is 22.1. The summed E-state index contributed by atoms with van der Waals surface area (Å²) in [5.41, 5.74) is 1.30. The molecule has 0 aromatic heterocycles. The number of sulfonamides is 1. The topological polar surface area (TPSA) is 66.5 Å². The van der Waals surface area contributed by atoms with Gasteiger partial charge in [-0.3, -0.25) is 9.10 Å². The lowest BCUT2D eigenvalue weighted by atomic mass is 10.0. The summed E-state index contributed by atoms with van der Waals surface area (Å²) >= 11 is 12.2. The summed E-state index contributed by atoms with van der Waals surface area (Å²) in [6.07, 6.45) is 0. The van der Waals surface area contributed by atoms with Crippen LogP contribution in [0.1, 0.15) is 18.4 Å². The maximum absolute atomic E-state index is 13.3. The minimum atomic E-state index is -4.02. The lowest BCUT2D eigenvalue weighted by molar-refractivity contribution is -0.119. The van der Waals surface area contributed by atoms with Crippen molar-refractivity contribution in [2.45, 2.75) is 17.7 Å². The minimum Gasteiger partial charge on any atom is -0.354 e. The van der Waals surface area contributed by atoms with Gasteiger partial charge in [0.25, 0.3) is 10.0 Å². The molecule has 31 heavy (non-hydrogen) atoms. The van der Waals surface area contributed by atoms with Gasteiger partial charge in [-0.05, 0) is 41.8 Å². The number of amides is 1. The van der Waals surface area contributed by atoms with Crippen molar-refractivity contribution < 1.29 is 13.2 Å². The largest absolute Gasteiger partial charge is 0.354 e. The van der Waals surface area contributed by atoms with Crippen LogP contribution in [0.5, 0.6) is 0 Å². The van der Waals surface area contributed by atoms with Crippen LogP contribution < -0.4 is 9.62 Å². The number of halogens is 2. The number of carbonyl (C=O) groups is 1.